The van der Waals surface area contributed by atoms with Crippen molar-refractivity contribution in [3.63, 3.8) is 0 Å². The molecule has 0 heterocycles. The zero-order valence-electron chi connectivity index (χ0n) is 14.2. The number of carbonyl (C=O) groups excluding carboxylic acids is 3. The number of anilines is 1. The van der Waals surface area contributed by atoms with Gasteiger partial charge < -0.3 is 5.32 Å². The minimum absolute atomic E-state index is 0.0502. The molecule has 0 atom stereocenters. The Kier molecular flexibility index (Phi) is 5.64. The molecule has 2 aromatic carbocycles. The minimum atomic E-state index is -0.243. The highest BCUT2D eigenvalue weighted by Gasteiger charge is 2.11. The van der Waals surface area contributed by atoms with Crippen LogP contribution in [0, 0.1) is 13.8 Å². The Morgan fingerprint density at radius 1 is 0.875 bits per heavy atom. The van der Waals surface area contributed by atoms with Crippen LogP contribution in [0.4, 0.5) is 5.69 Å². The van der Waals surface area contributed by atoms with Crippen molar-refractivity contribution in [2.75, 3.05) is 5.32 Å². The highest BCUT2D eigenvalue weighted by molar-refractivity contribution is 6.01. The van der Waals surface area contributed by atoms with Gasteiger partial charge in [-0.2, -0.15) is 0 Å². The lowest BCUT2D eigenvalue weighted by Gasteiger charge is -2.07. The molecule has 0 aromatic heterocycles. The van der Waals surface area contributed by atoms with E-state index in [0.29, 0.717) is 16.8 Å². The van der Waals surface area contributed by atoms with E-state index < -0.39 is 0 Å². The van der Waals surface area contributed by atoms with E-state index in [1.807, 2.05) is 26.0 Å². The number of hydrogen-bond acceptors (Lipinski definition) is 3. The summed E-state index contributed by atoms with van der Waals surface area (Å²) in [6.45, 7) is 5.43. The van der Waals surface area contributed by atoms with E-state index in [1.165, 1.54) is 6.92 Å². The Balaban J connectivity index is 1.93. The number of carbonyl (C=O) groups is 3. The molecule has 0 radical (unpaired) electrons. The predicted molar refractivity (Wildman–Crippen MR) is 94.6 cm³/mol. The van der Waals surface area contributed by atoms with Crippen LogP contribution < -0.4 is 5.32 Å². The molecule has 2 aromatic rings. The molecule has 24 heavy (non-hydrogen) atoms. The van der Waals surface area contributed by atoms with Gasteiger partial charge in [0.05, 0.1) is 0 Å². The van der Waals surface area contributed by atoms with E-state index in [0.717, 1.165) is 11.1 Å². The van der Waals surface area contributed by atoms with Gasteiger partial charge in [-0.1, -0.05) is 24.3 Å². The number of rotatable bonds is 6. The van der Waals surface area contributed by atoms with Crippen LogP contribution in [0.15, 0.2) is 42.5 Å². The van der Waals surface area contributed by atoms with Crippen LogP contribution in [-0.4, -0.2) is 17.5 Å². The van der Waals surface area contributed by atoms with Crippen LogP contribution in [0.3, 0.4) is 0 Å². The van der Waals surface area contributed by atoms with E-state index in [1.54, 1.807) is 30.3 Å². The summed E-state index contributed by atoms with van der Waals surface area (Å²) in [5, 5.41) is 2.72. The van der Waals surface area contributed by atoms with Gasteiger partial charge in [-0.15, -0.1) is 0 Å². The van der Waals surface area contributed by atoms with E-state index >= 15 is 0 Å². The molecular weight excluding hydrogens is 302 g/mol. The van der Waals surface area contributed by atoms with Gasteiger partial charge in [-0.05, 0) is 50.1 Å². The monoisotopic (exact) mass is 323 g/mol. The Morgan fingerprint density at radius 2 is 1.62 bits per heavy atom. The topological polar surface area (TPSA) is 63.2 Å². The second kappa shape index (κ2) is 7.68. The largest absolute Gasteiger partial charge is 0.326 e. The molecule has 1 N–H and O–H groups in total. The Hall–Kier alpha value is -2.75. The summed E-state index contributed by atoms with van der Waals surface area (Å²) >= 11 is 0. The number of aryl methyl sites for hydroxylation is 2. The van der Waals surface area contributed by atoms with Gasteiger partial charge >= 0.3 is 0 Å². The van der Waals surface area contributed by atoms with E-state index in [-0.39, 0.29) is 30.3 Å². The van der Waals surface area contributed by atoms with Gasteiger partial charge in [0.15, 0.2) is 11.6 Å². The van der Waals surface area contributed by atoms with Crippen molar-refractivity contribution in [2.24, 2.45) is 0 Å². The van der Waals surface area contributed by atoms with Crippen molar-refractivity contribution < 1.29 is 14.4 Å². The van der Waals surface area contributed by atoms with Crippen LogP contribution in [-0.2, 0) is 4.79 Å². The number of nitrogens with one attached hydrogen (secondary N) is 1. The number of benzene rings is 2. The molecule has 4 heteroatoms. The van der Waals surface area contributed by atoms with Gasteiger partial charge in [0.25, 0.3) is 0 Å². The SMILES string of the molecule is CC(=O)c1cccc(NC(=O)CCC(=O)c2ccc(C)c(C)c2)c1. The first kappa shape index (κ1) is 17.6. The van der Waals surface area contributed by atoms with Crippen LogP contribution >= 0.6 is 0 Å². The summed E-state index contributed by atoms with van der Waals surface area (Å²) in [6.07, 6.45) is 0.261. The fourth-order valence-corrected chi connectivity index (χ4v) is 2.33. The highest BCUT2D eigenvalue weighted by Crippen LogP contribution is 2.14. The zero-order valence-corrected chi connectivity index (χ0v) is 14.2. The maximum Gasteiger partial charge on any atom is 0.224 e. The molecule has 0 aliphatic carbocycles. The fraction of sp³-hybridized carbons (Fsp3) is 0.250. The third-order valence-electron chi connectivity index (χ3n) is 3.96. The van der Waals surface area contributed by atoms with Crippen molar-refractivity contribution in [1.29, 1.82) is 0 Å². The second-order valence-electron chi connectivity index (χ2n) is 5.91. The lowest BCUT2D eigenvalue weighted by Crippen LogP contribution is -2.14. The maximum absolute atomic E-state index is 12.2. The second-order valence-corrected chi connectivity index (χ2v) is 5.91. The number of hydrogen-bond donors (Lipinski definition) is 1. The maximum atomic E-state index is 12.2. The normalized spacial score (nSPS) is 10.3. The number of ketones is 2. The number of amides is 1. The van der Waals surface area contributed by atoms with Gasteiger partial charge in [0.2, 0.25) is 5.91 Å². The first-order chi connectivity index (χ1) is 11.4. The van der Waals surface area contributed by atoms with Crippen molar-refractivity contribution in [1.82, 2.24) is 0 Å². The van der Waals surface area contributed by atoms with E-state index in [4.69, 9.17) is 0 Å². The molecular formula is C20H21NO3. The molecule has 2 rings (SSSR count). The average molecular weight is 323 g/mol. The van der Waals surface area contributed by atoms with Crippen molar-refractivity contribution in [3.05, 3.63) is 64.7 Å². The number of Topliss-reactive ketones (excluding diaryl/α,β-unsaturated/α-hetero) is 2. The average Bonchev–Trinajstić information content (AvgIpc) is 2.55. The van der Waals surface area contributed by atoms with Gasteiger partial charge in [0, 0.05) is 29.7 Å². The van der Waals surface area contributed by atoms with Crippen molar-refractivity contribution >= 4 is 23.2 Å². The molecule has 0 unspecified atom stereocenters. The minimum Gasteiger partial charge on any atom is -0.326 e. The molecule has 1 amide bonds. The molecule has 0 saturated heterocycles. The first-order valence-corrected chi connectivity index (χ1v) is 7.88. The summed E-state index contributed by atoms with van der Waals surface area (Å²) in [4.78, 5) is 35.5. The molecule has 0 aliphatic heterocycles. The Bertz CT molecular complexity index is 793. The highest BCUT2D eigenvalue weighted by atomic mass is 16.2. The molecule has 4 nitrogen and oxygen atoms in total. The third-order valence-corrected chi connectivity index (χ3v) is 3.96. The molecule has 0 bridgehead atoms. The molecule has 0 saturated carbocycles. The predicted octanol–water partition coefficient (Wildman–Crippen LogP) is 4.11. The van der Waals surface area contributed by atoms with Gasteiger partial charge in [0.1, 0.15) is 0 Å². The smallest absolute Gasteiger partial charge is 0.224 e. The van der Waals surface area contributed by atoms with Crippen LogP contribution in [0.2, 0.25) is 0 Å². The molecule has 0 aliphatic rings. The van der Waals surface area contributed by atoms with Crippen LogP contribution in [0.5, 0.6) is 0 Å². The first-order valence-electron chi connectivity index (χ1n) is 7.88. The zero-order chi connectivity index (χ0) is 17.7. The van der Waals surface area contributed by atoms with Gasteiger partial charge in [-0.25, -0.2) is 0 Å². The third kappa shape index (κ3) is 4.62. The summed E-state index contributed by atoms with van der Waals surface area (Å²) in [5.74, 6) is -0.352. The molecule has 0 fully saturated rings. The molecule has 0 spiro atoms. The van der Waals surface area contributed by atoms with Crippen LogP contribution in [0.1, 0.15) is 51.6 Å². The summed E-state index contributed by atoms with van der Waals surface area (Å²) in [5.41, 5.74) is 3.93. The van der Waals surface area contributed by atoms with E-state index in [9.17, 15) is 14.4 Å². The summed E-state index contributed by atoms with van der Waals surface area (Å²) in [6, 6.07) is 12.3. The summed E-state index contributed by atoms with van der Waals surface area (Å²) < 4.78 is 0. The van der Waals surface area contributed by atoms with Crippen molar-refractivity contribution in [3.8, 4) is 0 Å². The Morgan fingerprint density at radius 3 is 2.29 bits per heavy atom. The van der Waals surface area contributed by atoms with Crippen LogP contribution in [0.25, 0.3) is 0 Å². The molecule has 124 valence electrons. The standard InChI is InChI=1S/C20H21NO3/c1-13-7-8-17(11-14(13)2)19(23)9-10-20(24)21-18-6-4-5-16(12-18)15(3)22/h4-8,11-12H,9-10H2,1-3H3,(H,21,24). The quantitative estimate of drug-likeness (QED) is 0.814. The van der Waals surface area contributed by atoms with E-state index in [2.05, 4.69) is 5.32 Å². The van der Waals surface area contributed by atoms with Gasteiger partial charge in [-0.3, -0.25) is 14.4 Å². The lowest BCUT2D eigenvalue weighted by molar-refractivity contribution is -0.116. The summed E-state index contributed by atoms with van der Waals surface area (Å²) in [7, 11) is 0. The lowest BCUT2D eigenvalue weighted by atomic mass is 10.0. The Labute approximate surface area is 141 Å². The van der Waals surface area contributed by atoms with Crippen molar-refractivity contribution in [2.45, 2.75) is 33.6 Å². The fourth-order valence-electron chi connectivity index (χ4n) is 2.33.